The van der Waals surface area contributed by atoms with Gasteiger partial charge in [-0.2, -0.15) is 0 Å². The van der Waals surface area contributed by atoms with Gasteiger partial charge in [0.1, 0.15) is 11.0 Å². The summed E-state index contributed by atoms with van der Waals surface area (Å²) in [4.78, 5) is 6.75. The molecule has 0 bridgehead atoms. The fourth-order valence-corrected chi connectivity index (χ4v) is 2.99. The lowest BCUT2D eigenvalue weighted by atomic mass is 9.98. The number of nitrogens with zero attached hydrogens (tertiary/aromatic N) is 2. The standard InChI is InChI=1S/C15H17ClN2O/c16-14-8-12-5-1-2-6-13(12)15(17-14)18-7-3-4-11(9-18)10-19/h1-2,5-6,8,11,19H,3-4,7,9-10H2. The highest BCUT2D eigenvalue weighted by Gasteiger charge is 2.22. The topological polar surface area (TPSA) is 36.4 Å². The maximum Gasteiger partial charge on any atom is 0.138 e. The summed E-state index contributed by atoms with van der Waals surface area (Å²) in [5, 5.41) is 12.1. The van der Waals surface area contributed by atoms with Gasteiger partial charge in [0, 0.05) is 25.1 Å². The number of aromatic nitrogens is 1. The molecule has 1 aromatic carbocycles. The van der Waals surface area contributed by atoms with Crippen LogP contribution < -0.4 is 4.90 Å². The van der Waals surface area contributed by atoms with Crippen molar-refractivity contribution in [1.82, 2.24) is 4.98 Å². The number of halogens is 1. The predicted octanol–water partition coefficient (Wildman–Crippen LogP) is 3.10. The van der Waals surface area contributed by atoms with Gasteiger partial charge in [-0.05, 0) is 30.2 Å². The summed E-state index contributed by atoms with van der Waals surface area (Å²) in [5.74, 6) is 1.29. The molecule has 1 aromatic heterocycles. The lowest BCUT2D eigenvalue weighted by Gasteiger charge is -2.33. The summed E-state index contributed by atoms with van der Waals surface area (Å²) in [6, 6.07) is 10.1. The Bertz CT molecular complexity index is 587. The molecule has 3 nitrogen and oxygen atoms in total. The minimum atomic E-state index is 0.245. The number of benzene rings is 1. The van der Waals surface area contributed by atoms with Gasteiger partial charge < -0.3 is 10.0 Å². The molecule has 1 atom stereocenters. The molecule has 1 aliphatic rings. The second kappa shape index (κ2) is 5.35. The lowest BCUT2D eigenvalue weighted by Crippen LogP contribution is -2.37. The zero-order valence-corrected chi connectivity index (χ0v) is 11.5. The van der Waals surface area contributed by atoms with Gasteiger partial charge in [0.15, 0.2) is 0 Å². The fraction of sp³-hybridized carbons (Fsp3) is 0.400. The Hall–Kier alpha value is -1.32. The van der Waals surface area contributed by atoms with Gasteiger partial charge in [-0.25, -0.2) is 4.98 Å². The number of fused-ring (bicyclic) bond motifs is 1. The largest absolute Gasteiger partial charge is 0.396 e. The van der Waals surface area contributed by atoms with E-state index in [9.17, 15) is 5.11 Å². The van der Waals surface area contributed by atoms with Gasteiger partial charge in [-0.15, -0.1) is 0 Å². The van der Waals surface area contributed by atoms with Gasteiger partial charge in [0.25, 0.3) is 0 Å². The van der Waals surface area contributed by atoms with E-state index >= 15 is 0 Å². The van der Waals surface area contributed by atoms with E-state index in [1.54, 1.807) is 0 Å². The molecule has 0 saturated carbocycles. The molecule has 1 unspecified atom stereocenters. The van der Waals surface area contributed by atoms with Crippen LogP contribution >= 0.6 is 11.6 Å². The third kappa shape index (κ3) is 2.53. The average Bonchev–Trinajstić information content (AvgIpc) is 2.46. The Morgan fingerprint density at radius 1 is 1.37 bits per heavy atom. The quantitative estimate of drug-likeness (QED) is 0.857. The average molecular weight is 277 g/mol. The Labute approximate surface area is 117 Å². The molecule has 1 fully saturated rings. The molecule has 19 heavy (non-hydrogen) atoms. The highest BCUT2D eigenvalue weighted by molar-refractivity contribution is 6.30. The lowest BCUT2D eigenvalue weighted by molar-refractivity contribution is 0.208. The third-order valence-corrected chi connectivity index (χ3v) is 3.96. The predicted molar refractivity (Wildman–Crippen MR) is 78.8 cm³/mol. The first-order valence-electron chi connectivity index (χ1n) is 6.69. The first-order valence-corrected chi connectivity index (χ1v) is 7.07. The van der Waals surface area contributed by atoms with E-state index in [1.165, 1.54) is 0 Å². The second-order valence-corrected chi connectivity index (χ2v) is 5.51. The Morgan fingerprint density at radius 2 is 2.21 bits per heavy atom. The molecule has 1 aliphatic heterocycles. The Balaban J connectivity index is 2.03. The van der Waals surface area contributed by atoms with Crippen LogP contribution in [0, 0.1) is 5.92 Å². The van der Waals surface area contributed by atoms with Crippen LogP contribution in [0.2, 0.25) is 5.15 Å². The van der Waals surface area contributed by atoms with Crippen LogP contribution in [-0.4, -0.2) is 29.8 Å². The third-order valence-electron chi connectivity index (χ3n) is 3.77. The second-order valence-electron chi connectivity index (χ2n) is 5.13. The minimum Gasteiger partial charge on any atom is -0.396 e. The van der Waals surface area contributed by atoms with Crippen LogP contribution in [-0.2, 0) is 0 Å². The summed E-state index contributed by atoms with van der Waals surface area (Å²) in [7, 11) is 0. The van der Waals surface area contributed by atoms with Crippen LogP contribution in [0.1, 0.15) is 12.8 Å². The van der Waals surface area contributed by atoms with Crippen LogP contribution in [0.15, 0.2) is 30.3 Å². The van der Waals surface area contributed by atoms with E-state index in [4.69, 9.17) is 11.6 Å². The van der Waals surface area contributed by atoms with E-state index < -0.39 is 0 Å². The van der Waals surface area contributed by atoms with Gasteiger partial charge in [0.05, 0.1) is 0 Å². The summed E-state index contributed by atoms with van der Waals surface area (Å²) in [6.07, 6.45) is 2.18. The zero-order valence-electron chi connectivity index (χ0n) is 10.7. The van der Waals surface area contributed by atoms with Gasteiger partial charge in [-0.1, -0.05) is 35.9 Å². The molecule has 2 heterocycles. The van der Waals surface area contributed by atoms with Gasteiger partial charge in [0.2, 0.25) is 0 Å². The molecule has 1 saturated heterocycles. The number of hydrogen-bond donors (Lipinski definition) is 1. The summed E-state index contributed by atoms with van der Waals surface area (Å²) in [6.45, 7) is 2.08. The van der Waals surface area contributed by atoms with E-state index in [-0.39, 0.29) is 6.61 Å². The smallest absolute Gasteiger partial charge is 0.138 e. The maximum absolute atomic E-state index is 9.35. The number of piperidine rings is 1. The molecule has 4 heteroatoms. The molecule has 0 radical (unpaired) electrons. The molecule has 0 amide bonds. The number of pyridine rings is 1. The van der Waals surface area contributed by atoms with Crippen LogP contribution in [0.25, 0.3) is 10.8 Å². The number of hydrogen-bond acceptors (Lipinski definition) is 3. The fourth-order valence-electron chi connectivity index (χ4n) is 2.80. The monoisotopic (exact) mass is 276 g/mol. The van der Waals surface area contributed by atoms with Crippen molar-refractivity contribution < 1.29 is 5.11 Å². The number of aliphatic hydroxyl groups excluding tert-OH is 1. The summed E-state index contributed by atoms with van der Waals surface area (Å²) < 4.78 is 0. The van der Waals surface area contributed by atoms with Crippen molar-refractivity contribution in [2.45, 2.75) is 12.8 Å². The van der Waals surface area contributed by atoms with Crippen molar-refractivity contribution in [2.24, 2.45) is 5.92 Å². The Morgan fingerprint density at radius 3 is 3.05 bits per heavy atom. The summed E-state index contributed by atoms with van der Waals surface area (Å²) in [5.41, 5.74) is 0. The van der Waals surface area contributed by atoms with Crippen LogP contribution in [0.4, 0.5) is 5.82 Å². The van der Waals surface area contributed by atoms with Gasteiger partial charge in [-0.3, -0.25) is 0 Å². The van der Waals surface area contributed by atoms with Crippen molar-refractivity contribution in [3.05, 3.63) is 35.5 Å². The summed E-state index contributed by atoms with van der Waals surface area (Å²) >= 11 is 6.13. The Kier molecular flexibility index (Phi) is 3.58. The molecule has 0 spiro atoms. The first-order chi connectivity index (χ1) is 9.28. The van der Waals surface area contributed by atoms with E-state index in [1.807, 2.05) is 18.2 Å². The van der Waals surface area contributed by atoms with Crippen LogP contribution in [0.3, 0.4) is 0 Å². The van der Waals surface area contributed by atoms with Crippen LogP contribution in [0.5, 0.6) is 0 Å². The molecule has 100 valence electrons. The number of anilines is 1. The molecule has 2 aromatic rings. The molecular formula is C15H17ClN2O. The van der Waals surface area contributed by atoms with Gasteiger partial charge >= 0.3 is 0 Å². The molecule has 1 N–H and O–H groups in total. The maximum atomic E-state index is 9.35. The zero-order chi connectivity index (χ0) is 13.2. The van der Waals surface area contributed by atoms with Crippen molar-refractivity contribution in [1.29, 1.82) is 0 Å². The molecule has 0 aliphatic carbocycles. The number of aliphatic hydroxyl groups is 1. The normalized spacial score (nSPS) is 19.9. The van der Waals surface area contributed by atoms with Crippen molar-refractivity contribution in [3.63, 3.8) is 0 Å². The first kappa shape index (κ1) is 12.7. The molecular weight excluding hydrogens is 260 g/mol. The SMILES string of the molecule is OCC1CCCN(c2nc(Cl)cc3ccccc23)C1. The highest BCUT2D eigenvalue weighted by atomic mass is 35.5. The van der Waals surface area contributed by atoms with Crippen molar-refractivity contribution in [2.75, 3.05) is 24.6 Å². The molecule has 3 rings (SSSR count). The number of rotatable bonds is 2. The highest BCUT2D eigenvalue weighted by Crippen LogP contribution is 2.30. The van der Waals surface area contributed by atoms with Crippen molar-refractivity contribution >= 4 is 28.2 Å². The van der Waals surface area contributed by atoms with Crippen molar-refractivity contribution in [3.8, 4) is 0 Å². The van der Waals surface area contributed by atoms with E-state index in [2.05, 4.69) is 22.0 Å². The van der Waals surface area contributed by atoms with E-state index in [0.717, 1.165) is 42.5 Å². The van der Waals surface area contributed by atoms with E-state index in [0.29, 0.717) is 11.1 Å². The minimum absolute atomic E-state index is 0.245.